The molecular formula is C12H12N4O. The molecular weight excluding hydrogens is 216 g/mol. The zero-order chi connectivity index (χ0) is 12.3. The Morgan fingerprint density at radius 1 is 1.00 bits per heavy atom. The summed E-state index contributed by atoms with van der Waals surface area (Å²) in [6.45, 7) is 0. The third-order valence-electron chi connectivity index (χ3n) is 2.29. The van der Waals surface area contributed by atoms with Gasteiger partial charge in [-0.05, 0) is 41.6 Å². The summed E-state index contributed by atoms with van der Waals surface area (Å²) in [5, 5.41) is 5.99. The number of nitrogen functional groups attached to an aromatic ring is 2. The summed E-state index contributed by atoms with van der Waals surface area (Å²) < 4.78 is 0. The maximum absolute atomic E-state index is 10.7. The van der Waals surface area contributed by atoms with Crippen molar-refractivity contribution < 1.29 is 0 Å². The number of benzene rings is 2. The van der Waals surface area contributed by atoms with Crippen LogP contribution >= 0.6 is 0 Å². The highest BCUT2D eigenvalue weighted by Crippen LogP contribution is 2.30. The molecule has 0 aliphatic heterocycles. The minimum Gasteiger partial charge on any atom is -0.399 e. The van der Waals surface area contributed by atoms with Gasteiger partial charge in [0.2, 0.25) is 0 Å². The predicted octanol–water partition coefficient (Wildman–Crippen LogP) is 2.99. The highest BCUT2D eigenvalue weighted by atomic mass is 16.3. The quantitative estimate of drug-likeness (QED) is 0.556. The molecule has 0 fully saturated rings. The van der Waals surface area contributed by atoms with Crippen molar-refractivity contribution in [3.63, 3.8) is 0 Å². The van der Waals surface area contributed by atoms with Gasteiger partial charge in [0.05, 0.1) is 5.69 Å². The minimum atomic E-state index is 0.271. The Labute approximate surface area is 98.4 Å². The molecule has 0 aliphatic carbocycles. The summed E-state index contributed by atoms with van der Waals surface area (Å²) in [4.78, 5) is 10.7. The SMILES string of the molecule is Nc1cccc(Nc2ccc(N)cc2N=O)c1. The van der Waals surface area contributed by atoms with E-state index in [0.717, 1.165) is 5.69 Å². The average Bonchev–Trinajstić information content (AvgIpc) is 2.31. The second-order valence-corrected chi connectivity index (χ2v) is 3.62. The highest BCUT2D eigenvalue weighted by Gasteiger charge is 2.04. The van der Waals surface area contributed by atoms with Crippen molar-refractivity contribution in [3.8, 4) is 0 Å². The predicted molar refractivity (Wildman–Crippen MR) is 70.4 cm³/mol. The van der Waals surface area contributed by atoms with Gasteiger partial charge in [0.25, 0.3) is 0 Å². The largest absolute Gasteiger partial charge is 0.399 e. The number of anilines is 4. The van der Waals surface area contributed by atoms with Crippen LogP contribution in [0.1, 0.15) is 0 Å². The summed E-state index contributed by atoms with van der Waals surface area (Å²) >= 11 is 0. The van der Waals surface area contributed by atoms with Crippen LogP contribution in [-0.4, -0.2) is 0 Å². The third kappa shape index (κ3) is 2.52. The normalized spacial score (nSPS) is 9.88. The molecule has 0 bridgehead atoms. The van der Waals surface area contributed by atoms with Crippen LogP contribution in [0.2, 0.25) is 0 Å². The number of nitroso groups, excluding NO2 is 1. The number of hydrogen-bond donors (Lipinski definition) is 3. The first-order valence-corrected chi connectivity index (χ1v) is 5.04. The Hall–Kier alpha value is -2.56. The van der Waals surface area contributed by atoms with Crippen LogP contribution in [0.3, 0.4) is 0 Å². The fourth-order valence-electron chi connectivity index (χ4n) is 1.50. The molecule has 0 spiro atoms. The summed E-state index contributed by atoms with van der Waals surface area (Å²) in [5.74, 6) is 0. The van der Waals surface area contributed by atoms with Crippen LogP contribution in [0, 0.1) is 4.91 Å². The first kappa shape index (κ1) is 10.9. The van der Waals surface area contributed by atoms with Gasteiger partial charge >= 0.3 is 0 Å². The van der Waals surface area contributed by atoms with Crippen LogP contribution in [-0.2, 0) is 0 Å². The van der Waals surface area contributed by atoms with Crippen molar-refractivity contribution in [2.45, 2.75) is 0 Å². The monoisotopic (exact) mass is 228 g/mol. The number of rotatable bonds is 3. The number of hydrogen-bond acceptors (Lipinski definition) is 5. The van der Waals surface area contributed by atoms with E-state index in [1.165, 1.54) is 6.07 Å². The van der Waals surface area contributed by atoms with Gasteiger partial charge in [0.15, 0.2) is 0 Å². The lowest BCUT2D eigenvalue weighted by Crippen LogP contribution is -1.93. The van der Waals surface area contributed by atoms with Crippen LogP contribution in [0.15, 0.2) is 47.6 Å². The summed E-state index contributed by atoms with van der Waals surface area (Å²) in [5.41, 5.74) is 14.0. The lowest BCUT2D eigenvalue weighted by Gasteiger charge is -2.08. The molecule has 2 aromatic rings. The van der Waals surface area contributed by atoms with Gasteiger partial charge in [-0.25, -0.2) is 0 Å². The molecule has 5 N–H and O–H groups in total. The molecule has 5 nitrogen and oxygen atoms in total. The van der Waals surface area contributed by atoms with E-state index in [1.54, 1.807) is 24.3 Å². The van der Waals surface area contributed by atoms with E-state index in [9.17, 15) is 4.91 Å². The van der Waals surface area contributed by atoms with Gasteiger partial charge in [0, 0.05) is 17.1 Å². The van der Waals surface area contributed by atoms with Gasteiger partial charge in [-0.3, -0.25) is 0 Å². The molecule has 0 atom stereocenters. The van der Waals surface area contributed by atoms with E-state index in [0.29, 0.717) is 17.1 Å². The summed E-state index contributed by atoms with van der Waals surface area (Å²) in [6.07, 6.45) is 0. The van der Waals surface area contributed by atoms with E-state index >= 15 is 0 Å². The van der Waals surface area contributed by atoms with Gasteiger partial charge in [-0.2, -0.15) is 0 Å². The van der Waals surface area contributed by atoms with E-state index < -0.39 is 0 Å². The topological polar surface area (TPSA) is 93.5 Å². The second kappa shape index (κ2) is 4.52. The second-order valence-electron chi connectivity index (χ2n) is 3.62. The van der Waals surface area contributed by atoms with Crippen LogP contribution < -0.4 is 16.8 Å². The summed E-state index contributed by atoms with van der Waals surface area (Å²) in [6, 6.07) is 12.1. The Morgan fingerprint density at radius 2 is 1.76 bits per heavy atom. The smallest absolute Gasteiger partial charge is 0.133 e. The van der Waals surface area contributed by atoms with E-state index in [4.69, 9.17) is 11.5 Å². The molecule has 5 heteroatoms. The molecule has 17 heavy (non-hydrogen) atoms. The molecule has 2 aromatic carbocycles. The molecule has 0 heterocycles. The van der Waals surface area contributed by atoms with E-state index in [-0.39, 0.29) is 5.69 Å². The minimum absolute atomic E-state index is 0.271. The van der Waals surface area contributed by atoms with Gasteiger partial charge in [-0.15, -0.1) is 4.91 Å². The fourth-order valence-corrected chi connectivity index (χ4v) is 1.50. The zero-order valence-corrected chi connectivity index (χ0v) is 9.05. The average molecular weight is 228 g/mol. The Kier molecular flexibility index (Phi) is 2.91. The molecule has 0 unspecified atom stereocenters. The Balaban J connectivity index is 2.32. The van der Waals surface area contributed by atoms with Crippen LogP contribution in [0.4, 0.5) is 28.4 Å². The number of nitrogens with two attached hydrogens (primary N) is 2. The Bertz CT molecular complexity index is 554. The molecule has 0 aromatic heterocycles. The van der Waals surface area contributed by atoms with Crippen molar-refractivity contribution in [1.82, 2.24) is 0 Å². The van der Waals surface area contributed by atoms with Crippen molar-refractivity contribution in [2.75, 3.05) is 16.8 Å². The maximum atomic E-state index is 10.7. The van der Waals surface area contributed by atoms with Crippen LogP contribution in [0.25, 0.3) is 0 Å². The standard InChI is InChI=1S/C12H12N4O/c13-8-2-1-3-10(6-8)15-11-5-4-9(14)7-12(11)16-17/h1-7,15H,13-14H2. The van der Waals surface area contributed by atoms with E-state index in [1.807, 2.05) is 12.1 Å². The lowest BCUT2D eigenvalue weighted by molar-refractivity contribution is 1.46. The highest BCUT2D eigenvalue weighted by molar-refractivity contribution is 5.75. The van der Waals surface area contributed by atoms with Crippen molar-refractivity contribution in [2.24, 2.45) is 5.18 Å². The molecule has 86 valence electrons. The molecule has 0 aliphatic rings. The van der Waals surface area contributed by atoms with Crippen molar-refractivity contribution >= 4 is 28.4 Å². The third-order valence-corrected chi connectivity index (χ3v) is 2.29. The molecule has 0 radical (unpaired) electrons. The lowest BCUT2D eigenvalue weighted by atomic mass is 10.2. The molecule has 2 rings (SSSR count). The first-order chi connectivity index (χ1) is 8.19. The fraction of sp³-hybridized carbons (Fsp3) is 0. The van der Waals surface area contributed by atoms with Crippen LogP contribution in [0.5, 0.6) is 0 Å². The Morgan fingerprint density at radius 3 is 2.47 bits per heavy atom. The molecule has 0 saturated carbocycles. The van der Waals surface area contributed by atoms with Crippen molar-refractivity contribution in [3.05, 3.63) is 47.4 Å². The van der Waals surface area contributed by atoms with Crippen molar-refractivity contribution in [1.29, 1.82) is 0 Å². The van der Waals surface area contributed by atoms with E-state index in [2.05, 4.69) is 10.5 Å². The molecule has 0 amide bonds. The molecule has 0 saturated heterocycles. The first-order valence-electron chi connectivity index (χ1n) is 5.04. The van der Waals surface area contributed by atoms with Gasteiger partial charge in [0.1, 0.15) is 5.69 Å². The number of nitrogens with one attached hydrogen (secondary N) is 1. The number of nitrogens with zero attached hydrogens (tertiary/aromatic N) is 1. The summed E-state index contributed by atoms with van der Waals surface area (Å²) in [7, 11) is 0. The van der Waals surface area contributed by atoms with Gasteiger partial charge < -0.3 is 16.8 Å². The van der Waals surface area contributed by atoms with Gasteiger partial charge in [-0.1, -0.05) is 6.07 Å². The zero-order valence-electron chi connectivity index (χ0n) is 9.05. The maximum Gasteiger partial charge on any atom is 0.133 e.